The van der Waals surface area contributed by atoms with Crippen LogP contribution in [0.4, 0.5) is 0 Å². The third-order valence-corrected chi connectivity index (χ3v) is 2.86. The smallest absolute Gasteiger partial charge is 0.231 e. The minimum Gasteiger partial charge on any atom is -0.453 e. The Balaban J connectivity index is 2.57. The maximum absolute atomic E-state index is 10.8. The van der Waals surface area contributed by atoms with Gasteiger partial charge >= 0.3 is 0 Å². The highest BCUT2D eigenvalue weighted by atomic mass is 79.9. The van der Waals surface area contributed by atoms with Gasteiger partial charge < -0.3 is 14.6 Å². The standard InChI is InChI=1S/C10H9BrO4/c11-8-3-6(1-2-12)9-10(7(8)4-13)15-5-14-9/h3-4,12H,1-2,5H2. The molecule has 0 saturated carbocycles. The molecule has 1 aliphatic heterocycles. The Labute approximate surface area is 94.9 Å². The fourth-order valence-electron chi connectivity index (χ4n) is 1.54. The predicted octanol–water partition coefficient (Wildman–Crippen LogP) is 1.53. The summed E-state index contributed by atoms with van der Waals surface area (Å²) in [6.45, 7) is 0.147. The lowest BCUT2D eigenvalue weighted by molar-refractivity contribution is 0.111. The highest BCUT2D eigenvalue weighted by Gasteiger charge is 2.23. The first kappa shape index (κ1) is 10.4. The number of halogens is 1. The van der Waals surface area contributed by atoms with Crippen LogP contribution in [-0.2, 0) is 6.42 Å². The van der Waals surface area contributed by atoms with Gasteiger partial charge in [0.2, 0.25) is 6.79 Å². The van der Waals surface area contributed by atoms with Gasteiger partial charge in [0.15, 0.2) is 17.8 Å². The van der Waals surface area contributed by atoms with Crippen LogP contribution in [0.3, 0.4) is 0 Å². The second kappa shape index (κ2) is 4.20. The number of aliphatic hydroxyl groups is 1. The molecule has 0 fully saturated rings. The highest BCUT2D eigenvalue weighted by molar-refractivity contribution is 9.10. The SMILES string of the molecule is O=Cc1c(Br)cc(CCO)c2c1OCO2. The molecule has 1 aliphatic rings. The molecule has 1 N–H and O–H groups in total. The second-order valence-corrected chi connectivity index (χ2v) is 3.94. The number of benzene rings is 1. The number of carbonyl (C=O) groups excluding carboxylic acids is 1. The molecular formula is C10H9BrO4. The Morgan fingerprint density at radius 2 is 2.20 bits per heavy atom. The number of ether oxygens (including phenoxy) is 2. The van der Waals surface area contributed by atoms with E-state index in [0.29, 0.717) is 28.0 Å². The Bertz CT molecular complexity index is 403. The van der Waals surface area contributed by atoms with Crippen LogP contribution < -0.4 is 9.47 Å². The van der Waals surface area contributed by atoms with Gasteiger partial charge in [0.05, 0.1) is 5.56 Å². The molecule has 5 heteroatoms. The van der Waals surface area contributed by atoms with Crippen molar-refractivity contribution in [1.82, 2.24) is 0 Å². The quantitative estimate of drug-likeness (QED) is 0.848. The Hall–Kier alpha value is -1.07. The average molecular weight is 273 g/mol. The first-order valence-corrected chi connectivity index (χ1v) is 5.24. The van der Waals surface area contributed by atoms with E-state index in [-0.39, 0.29) is 13.4 Å². The van der Waals surface area contributed by atoms with Crippen molar-refractivity contribution in [3.63, 3.8) is 0 Å². The number of aldehydes is 1. The summed E-state index contributed by atoms with van der Waals surface area (Å²) in [6.07, 6.45) is 1.20. The van der Waals surface area contributed by atoms with Crippen LogP contribution in [0.15, 0.2) is 10.5 Å². The van der Waals surface area contributed by atoms with Crippen LogP contribution >= 0.6 is 15.9 Å². The maximum atomic E-state index is 10.8. The van der Waals surface area contributed by atoms with E-state index >= 15 is 0 Å². The number of fused-ring (bicyclic) bond motifs is 1. The van der Waals surface area contributed by atoms with Crippen molar-refractivity contribution in [2.45, 2.75) is 6.42 Å². The fourth-order valence-corrected chi connectivity index (χ4v) is 2.09. The lowest BCUT2D eigenvalue weighted by Crippen LogP contribution is -1.96. The fraction of sp³-hybridized carbons (Fsp3) is 0.300. The van der Waals surface area contributed by atoms with Crippen LogP contribution in [0, 0.1) is 0 Å². The second-order valence-electron chi connectivity index (χ2n) is 3.09. The zero-order chi connectivity index (χ0) is 10.8. The van der Waals surface area contributed by atoms with Crippen LogP contribution in [0.25, 0.3) is 0 Å². The molecule has 0 atom stereocenters. The van der Waals surface area contributed by atoms with E-state index in [4.69, 9.17) is 14.6 Å². The summed E-state index contributed by atoms with van der Waals surface area (Å²) >= 11 is 3.28. The van der Waals surface area contributed by atoms with Gasteiger partial charge in [-0.2, -0.15) is 0 Å². The number of hydrogen-bond donors (Lipinski definition) is 1. The normalized spacial score (nSPS) is 12.9. The van der Waals surface area contributed by atoms with Crippen LogP contribution in [0.5, 0.6) is 11.5 Å². The molecule has 2 rings (SSSR count). The molecule has 1 aromatic rings. The third-order valence-electron chi connectivity index (χ3n) is 2.21. The number of aliphatic hydroxyl groups excluding tert-OH is 1. The van der Waals surface area contributed by atoms with E-state index in [1.54, 1.807) is 6.07 Å². The first-order chi connectivity index (χ1) is 7.27. The summed E-state index contributed by atoms with van der Waals surface area (Å²) in [5.41, 5.74) is 1.28. The van der Waals surface area contributed by atoms with Crippen LogP contribution in [0.2, 0.25) is 0 Å². The van der Waals surface area contributed by atoms with Gasteiger partial charge in [-0.15, -0.1) is 0 Å². The molecule has 0 aromatic heterocycles. The monoisotopic (exact) mass is 272 g/mol. The molecule has 0 unspecified atom stereocenters. The van der Waals surface area contributed by atoms with Crippen molar-refractivity contribution in [3.05, 3.63) is 21.7 Å². The summed E-state index contributed by atoms with van der Waals surface area (Å²) in [6, 6.07) is 1.77. The molecule has 1 heterocycles. The Kier molecular flexibility index (Phi) is 2.93. The van der Waals surface area contributed by atoms with Crippen molar-refractivity contribution < 1.29 is 19.4 Å². The Morgan fingerprint density at radius 3 is 2.87 bits per heavy atom. The summed E-state index contributed by atoms with van der Waals surface area (Å²) in [7, 11) is 0. The maximum Gasteiger partial charge on any atom is 0.231 e. The largest absolute Gasteiger partial charge is 0.453 e. The van der Waals surface area contributed by atoms with Crippen molar-refractivity contribution >= 4 is 22.2 Å². The average Bonchev–Trinajstić information content (AvgIpc) is 2.67. The van der Waals surface area contributed by atoms with Gasteiger partial charge in [0.25, 0.3) is 0 Å². The van der Waals surface area contributed by atoms with Gasteiger partial charge in [-0.05, 0) is 28.4 Å². The highest BCUT2D eigenvalue weighted by Crippen LogP contribution is 2.42. The molecule has 0 bridgehead atoms. The molecule has 1 aromatic carbocycles. The number of rotatable bonds is 3. The summed E-state index contributed by atoms with van der Waals surface area (Å²) < 4.78 is 11.1. The van der Waals surface area contributed by atoms with E-state index in [1.807, 2.05) is 0 Å². The summed E-state index contributed by atoms with van der Waals surface area (Å²) in [5.74, 6) is 1.03. The molecule has 0 saturated heterocycles. The lowest BCUT2D eigenvalue weighted by Gasteiger charge is -2.07. The van der Waals surface area contributed by atoms with Crippen molar-refractivity contribution in [1.29, 1.82) is 0 Å². The van der Waals surface area contributed by atoms with Crippen molar-refractivity contribution in [3.8, 4) is 11.5 Å². The molecular weight excluding hydrogens is 264 g/mol. The minimum absolute atomic E-state index is 0.0304. The van der Waals surface area contributed by atoms with Gasteiger partial charge in [0.1, 0.15) is 0 Å². The van der Waals surface area contributed by atoms with Gasteiger partial charge in [-0.1, -0.05) is 0 Å². The summed E-state index contributed by atoms with van der Waals surface area (Å²) in [4.78, 5) is 10.8. The van der Waals surface area contributed by atoms with E-state index in [0.717, 1.165) is 11.8 Å². The molecule has 0 spiro atoms. The van der Waals surface area contributed by atoms with E-state index in [1.165, 1.54) is 0 Å². The topological polar surface area (TPSA) is 55.8 Å². The molecule has 4 nitrogen and oxygen atoms in total. The molecule has 15 heavy (non-hydrogen) atoms. The predicted molar refractivity (Wildman–Crippen MR) is 56.4 cm³/mol. The van der Waals surface area contributed by atoms with Crippen LogP contribution in [-0.4, -0.2) is 24.8 Å². The zero-order valence-electron chi connectivity index (χ0n) is 7.83. The molecule has 80 valence electrons. The van der Waals surface area contributed by atoms with Gasteiger partial charge in [0, 0.05) is 16.6 Å². The molecule has 0 aliphatic carbocycles. The van der Waals surface area contributed by atoms with E-state index in [9.17, 15) is 4.79 Å². The van der Waals surface area contributed by atoms with E-state index < -0.39 is 0 Å². The number of hydrogen-bond acceptors (Lipinski definition) is 4. The lowest BCUT2D eigenvalue weighted by atomic mass is 10.1. The minimum atomic E-state index is 0.0304. The third kappa shape index (κ3) is 1.72. The number of carbonyl (C=O) groups is 1. The molecule has 0 amide bonds. The Morgan fingerprint density at radius 1 is 1.47 bits per heavy atom. The summed E-state index contributed by atoms with van der Waals surface area (Å²) in [5, 5.41) is 8.89. The first-order valence-electron chi connectivity index (χ1n) is 4.45. The van der Waals surface area contributed by atoms with Crippen molar-refractivity contribution in [2.24, 2.45) is 0 Å². The molecule has 0 radical (unpaired) electrons. The van der Waals surface area contributed by atoms with Gasteiger partial charge in [-0.25, -0.2) is 0 Å². The van der Waals surface area contributed by atoms with Crippen LogP contribution in [0.1, 0.15) is 15.9 Å². The van der Waals surface area contributed by atoms with Gasteiger partial charge in [-0.3, -0.25) is 4.79 Å². The van der Waals surface area contributed by atoms with Crippen molar-refractivity contribution in [2.75, 3.05) is 13.4 Å². The van der Waals surface area contributed by atoms with E-state index in [2.05, 4.69) is 15.9 Å². The zero-order valence-corrected chi connectivity index (χ0v) is 9.41.